The van der Waals surface area contributed by atoms with Crippen molar-refractivity contribution >= 4 is 21.9 Å². The number of nitrogens with one attached hydrogen (secondary N) is 1. The molecule has 3 atom stereocenters. The fourth-order valence-electron chi connectivity index (χ4n) is 6.67. The molecule has 1 aromatic carbocycles. The van der Waals surface area contributed by atoms with E-state index in [1.807, 2.05) is 0 Å². The predicted octanol–water partition coefficient (Wildman–Crippen LogP) is 2.71. The van der Waals surface area contributed by atoms with Gasteiger partial charge in [-0.1, -0.05) is 6.42 Å². The van der Waals surface area contributed by atoms with Crippen molar-refractivity contribution in [1.82, 2.24) is 9.62 Å². The number of methoxy groups -OCH3 is 1. The maximum absolute atomic E-state index is 13.3. The molecule has 0 radical (unpaired) electrons. The first-order valence-electron chi connectivity index (χ1n) is 11.3. The largest absolute Gasteiger partial charge is 0.465 e. The van der Waals surface area contributed by atoms with Gasteiger partial charge in [0.25, 0.3) is 0 Å². The summed E-state index contributed by atoms with van der Waals surface area (Å²) >= 11 is 0. The highest BCUT2D eigenvalue weighted by atomic mass is 32.2. The van der Waals surface area contributed by atoms with E-state index in [4.69, 9.17) is 0 Å². The van der Waals surface area contributed by atoms with Gasteiger partial charge in [-0.25, -0.2) is 13.2 Å². The molecule has 168 valence electrons. The monoisotopic (exact) mass is 446 g/mol. The molecule has 6 rings (SSSR count). The highest BCUT2D eigenvalue weighted by Gasteiger charge is 2.57. The van der Waals surface area contributed by atoms with E-state index in [-0.39, 0.29) is 16.8 Å². The topological polar surface area (TPSA) is 92.8 Å². The number of rotatable bonds is 5. The van der Waals surface area contributed by atoms with Crippen LogP contribution >= 0.6 is 0 Å². The second-order valence-corrected chi connectivity index (χ2v) is 11.7. The van der Waals surface area contributed by atoms with Crippen molar-refractivity contribution < 1.29 is 22.7 Å². The second-order valence-electron chi connectivity index (χ2n) is 9.85. The van der Waals surface area contributed by atoms with Crippen molar-refractivity contribution in [3.05, 3.63) is 29.8 Å². The molecule has 0 aromatic heterocycles. The summed E-state index contributed by atoms with van der Waals surface area (Å²) in [6.07, 6.45) is 8.60. The lowest BCUT2D eigenvalue weighted by atomic mass is 9.45. The SMILES string of the molecule is COC(=O)c1ccc(S(=O)(=O)N2CCC[C@@H]2C(=O)NC2C3CCCC4(C3)CC2C4)cc1. The molecule has 1 spiro atoms. The molecule has 1 heterocycles. The Kier molecular flexibility index (Phi) is 5.13. The second kappa shape index (κ2) is 7.59. The smallest absolute Gasteiger partial charge is 0.337 e. The molecule has 1 aliphatic heterocycles. The molecule has 8 heteroatoms. The summed E-state index contributed by atoms with van der Waals surface area (Å²) in [4.78, 5) is 25.0. The molecule has 1 saturated heterocycles. The van der Waals surface area contributed by atoms with Crippen LogP contribution in [0.5, 0.6) is 0 Å². The Bertz CT molecular complexity index is 984. The zero-order valence-electron chi connectivity index (χ0n) is 17.9. The number of hydrogen-bond donors (Lipinski definition) is 1. The first-order chi connectivity index (χ1) is 14.8. The third-order valence-electron chi connectivity index (χ3n) is 8.08. The Labute approximate surface area is 183 Å². The van der Waals surface area contributed by atoms with Gasteiger partial charge in [-0.05, 0) is 86.5 Å². The Balaban J connectivity index is 1.31. The molecule has 7 nitrogen and oxygen atoms in total. The van der Waals surface area contributed by atoms with Gasteiger partial charge in [-0.15, -0.1) is 0 Å². The maximum Gasteiger partial charge on any atom is 0.337 e. The summed E-state index contributed by atoms with van der Waals surface area (Å²) in [6, 6.07) is 5.23. The number of ether oxygens (including phenoxy) is 1. The molecule has 1 amide bonds. The van der Waals surface area contributed by atoms with Crippen molar-refractivity contribution in [3.8, 4) is 0 Å². The lowest BCUT2D eigenvalue weighted by molar-refractivity contribution is -0.134. The number of hydrogen-bond acceptors (Lipinski definition) is 5. The minimum Gasteiger partial charge on any atom is -0.465 e. The lowest BCUT2D eigenvalue weighted by Gasteiger charge is -2.62. The van der Waals surface area contributed by atoms with Crippen molar-refractivity contribution in [2.75, 3.05) is 13.7 Å². The van der Waals surface area contributed by atoms with Crippen molar-refractivity contribution in [1.29, 1.82) is 0 Å². The van der Waals surface area contributed by atoms with E-state index < -0.39 is 22.0 Å². The summed E-state index contributed by atoms with van der Waals surface area (Å²) in [6.45, 7) is 0.333. The summed E-state index contributed by atoms with van der Waals surface area (Å²) < 4.78 is 32.5. The van der Waals surface area contributed by atoms with Crippen LogP contribution in [0.25, 0.3) is 0 Å². The van der Waals surface area contributed by atoms with E-state index >= 15 is 0 Å². The summed E-state index contributed by atoms with van der Waals surface area (Å²) in [5, 5.41) is 3.28. The normalized spacial score (nSPS) is 34.6. The van der Waals surface area contributed by atoms with Gasteiger partial charge in [0.15, 0.2) is 0 Å². The molecule has 2 unspecified atom stereocenters. The van der Waals surface area contributed by atoms with Crippen LogP contribution in [0, 0.1) is 17.3 Å². The zero-order valence-corrected chi connectivity index (χ0v) is 18.7. The van der Waals surface area contributed by atoms with Crippen LogP contribution in [0.1, 0.15) is 61.7 Å². The number of esters is 1. The van der Waals surface area contributed by atoms with Gasteiger partial charge in [0.1, 0.15) is 6.04 Å². The minimum absolute atomic E-state index is 0.0913. The van der Waals surface area contributed by atoms with Gasteiger partial charge in [0.2, 0.25) is 15.9 Å². The Morgan fingerprint density at radius 2 is 1.77 bits per heavy atom. The number of benzene rings is 1. The van der Waals surface area contributed by atoms with Gasteiger partial charge < -0.3 is 10.1 Å². The minimum atomic E-state index is -3.82. The van der Waals surface area contributed by atoms with Crippen LogP contribution in [-0.4, -0.2) is 50.3 Å². The standard InChI is InChI=1S/C23H30N2O5S/c1-30-22(27)15-6-8-18(9-7-15)31(28,29)25-11-3-5-19(25)21(26)24-20-16-4-2-10-23(12-16)13-17(20)14-23/h6-9,16-17,19-20H,2-5,10-14H2,1H3,(H,24,26)/t16?,17?,19-,20?,23?/m1/s1. The molecule has 3 bridgehead atoms. The van der Waals surface area contributed by atoms with E-state index in [1.165, 1.54) is 74.2 Å². The molecule has 5 aliphatic rings. The average Bonchev–Trinajstić information content (AvgIpc) is 3.26. The van der Waals surface area contributed by atoms with Gasteiger partial charge in [-0.3, -0.25) is 4.79 Å². The molecule has 1 aromatic rings. The van der Waals surface area contributed by atoms with Crippen LogP contribution in [0.3, 0.4) is 0 Å². The van der Waals surface area contributed by atoms with E-state index in [0.29, 0.717) is 42.2 Å². The number of amides is 1. The van der Waals surface area contributed by atoms with Crippen LogP contribution in [0.2, 0.25) is 0 Å². The number of carbonyl (C=O) groups excluding carboxylic acids is 2. The Morgan fingerprint density at radius 3 is 2.48 bits per heavy atom. The van der Waals surface area contributed by atoms with E-state index in [0.717, 1.165) is 0 Å². The van der Waals surface area contributed by atoms with Crippen LogP contribution in [0.4, 0.5) is 0 Å². The van der Waals surface area contributed by atoms with Crippen molar-refractivity contribution in [2.45, 2.75) is 68.3 Å². The third kappa shape index (κ3) is 3.48. The third-order valence-corrected chi connectivity index (χ3v) is 10.0. The van der Waals surface area contributed by atoms with E-state index in [9.17, 15) is 18.0 Å². The highest BCUT2D eigenvalue weighted by Crippen LogP contribution is 2.63. The fourth-order valence-corrected chi connectivity index (χ4v) is 8.33. The van der Waals surface area contributed by atoms with Crippen molar-refractivity contribution in [2.24, 2.45) is 17.3 Å². The molecule has 31 heavy (non-hydrogen) atoms. The van der Waals surface area contributed by atoms with Crippen LogP contribution in [0.15, 0.2) is 29.2 Å². The fraction of sp³-hybridized carbons (Fsp3) is 0.652. The van der Waals surface area contributed by atoms with Gasteiger partial charge >= 0.3 is 5.97 Å². The first-order valence-corrected chi connectivity index (χ1v) is 12.8. The van der Waals surface area contributed by atoms with E-state index in [2.05, 4.69) is 10.1 Å². The van der Waals surface area contributed by atoms with Crippen LogP contribution in [-0.2, 0) is 19.6 Å². The predicted molar refractivity (Wildman–Crippen MR) is 114 cm³/mol. The molecular formula is C23H30N2O5S. The maximum atomic E-state index is 13.3. The quantitative estimate of drug-likeness (QED) is 0.702. The Hall–Kier alpha value is -1.93. The zero-order chi connectivity index (χ0) is 21.8. The van der Waals surface area contributed by atoms with Crippen molar-refractivity contribution in [3.63, 3.8) is 0 Å². The number of carbonyl (C=O) groups is 2. The highest BCUT2D eigenvalue weighted by molar-refractivity contribution is 7.89. The number of sulfonamides is 1. The molecule has 1 N–H and O–H groups in total. The van der Waals surface area contributed by atoms with E-state index in [1.54, 1.807) is 0 Å². The molecule has 4 saturated carbocycles. The van der Waals surface area contributed by atoms with Gasteiger partial charge in [-0.2, -0.15) is 4.31 Å². The average molecular weight is 447 g/mol. The van der Waals surface area contributed by atoms with Crippen LogP contribution < -0.4 is 5.32 Å². The number of nitrogens with zero attached hydrogens (tertiary/aromatic N) is 1. The molecule has 5 fully saturated rings. The summed E-state index contributed by atoms with van der Waals surface area (Å²) in [5.41, 5.74) is 0.840. The first kappa shape index (κ1) is 20.9. The lowest BCUT2D eigenvalue weighted by Crippen LogP contribution is -2.62. The summed E-state index contributed by atoms with van der Waals surface area (Å²) in [7, 11) is -2.54. The molecule has 4 aliphatic carbocycles. The van der Waals surface area contributed by atoms with Gasteiger partial charge in [0, 0.05) is 12.6 Å². The Morgan fingerprint density at radius 1 is 1.06 bits per heavy atom. The molecular weight excluding hydrogens is 416 g/mol. The van der Waals surface area contributed by atoms with Gasteiger partial charge in [0.05, 0.1) is 17.6 Å². The summed E-state index contributed by atoms with van der Waals surface area (Å²) in [5.74, 6) is 0.433.